The number of benzene rings is 1. The highest BCUT2D eigenvalue weighted by molar-refractivity contribution is 5.81. The molecule has 0 spiro atoms. The highest BCUT2D eigenvalue weighted by Crippen LogP contribution is 2.21. The van der Waals surface area contributed by atoms with Gasteiger partial charge in [-0.3, -0.25) is 4.79 Å². The summed E-state index contributed by atoms with van der Waals surface area (Å²) in [6, 6.07) is 7.62. The Balaban J connectivity index is 2.03. The molecular formula is C15H19NO2. The van der Waals surface area contributed by atoms with Crippen molar-refractivity contribution in [1.82, 2.24) is 4.90 Å². The van der Waals surface area contributed by atoms with Crippen molar-refractivity contribution >= 4 is 12.0 Å². The normalized spacial score (nSPS) is 16.4. The second-order valence-corrected chi connectivity index (χ2v) is 4.53. The number of carbonyl (C=O) groups is 1. The van der Waals surface area contributed by atoms with Gasteiger partial charge in [0.15, 0.2) is 6.10 Å². The number of amides is 1. The van der Waals surface area contributed by atoms with Crippen LogP contribution in [0.2, 0.25) is 0 Å². The number of ether oxygens (including phenoxy) is 1. The summed E-state index contributed by atoms with van der Waals surface area (Å²) in [7, 11) is 0. The van der Waals surface area contributed by atoms with Crippen LogP contribution >= 0.6 is 0 Å². The lowest BCUT2D eigenvalue weighted by molar-refractivity contribution is -0.136. The molecule has 1 aliphatic heterocycles. The molecule has 0 bridgehead atoms. The van der Waals surface area contributed by atoms with E-state index in [1.165, 1.54) is 0 Å². The van der Waals surface area contributed by atoms with E-state index in [0.29, 0.717) is 5.75 Å². The fraction of sp³-hybridized carbons (Fsp3) is 0.400. The third-order valence-corrected chi connectivity index (χ3v) is 3.21. The van der Waals surface area contributed by atoms with Crippen LogP contribution in [-0.4, -0.2) is 30.0 Å². The Kier molecular flexibility index (Phi) is 4.03. The minimum atomic E-state index is -0.441. The van der Waals surface area contributed by atoms with Crippen LogP contribution in [0.25, 0.3) is 6.08 Å². The maximum atomic E-state index is 12.1. The van der Waals surface area contributed by atoms with Crippen molar-refractivity contribution in [2.24, 2.45) is 0 Å². The minimum absolute atomic E-state index is 0.0753. The summed E-state index contributed by atoms with van der Waals surface area (Å²) in [6.07, 6.45) is 3.50. The van der Waals surface area contributed by atoms with E-state index >= 15 is 0 Å². The topological polar surface area (TPSA) is 29.5 Å². The van der Waals surface area contributed by atoms with Crippen LogP contribution in [0.4, 0.5) is 0 Å². The molecule has 2 rings (SSSR count). The molecular weight excluding hydrogens is 226 g/mol. The molecule has 0 aliphatic carbocycles. The van der Waals surface area contributed by atoms with Gasteiger partial charge >= 0.3 is 0 Å². The van der Waals surface area contributed by atoms with E-state index in [9.17, 15) is 4.79 Å². The number of hydrogen-bond donors (Lipinski definition) is 0. The Morgan fingerprint density at radius 1 is 1.39 bits per heavy atom. The standard InChI is InChI=1S/C15H19NO2/c1-3-13-8-4-5-9-14(13)18-12(2)15(17)16-10-6-7-11-16/h3-5,8-9,12H,1,6-7,10-11H2,2H3. The molecule has 3 heteroatoms. The summed E-state index contributed by atoms with van der Waals surface area (Å²) in [6.45, 7) is 7.27. The molecule has 0 radical (unpaired) electrons. The largest absolute Gasteiger partial charge is 0.480 e. The molecule has 3 nitrogen and oxygen atoms in total. The van der Waals surface area contributed by atoms with E-state index in [0.717, 1.165) is 31.5 Å². The number of carbonyl (C=O) groups excluding carboxylic acids is 1. The smallest absolute Gasteiger partial charge is 0.263 e. The van der Waals surface area contributed by atoms with Crippen LogP contribution in [0.15, 0.2) is 30.8 Å². The van der Waals surface area contributed by atoms with Gasteiger partial charge in [0.2, 0.25) is 0 Å². The average molecular weight is 245 g/mol. The zero-order valence-electron chi connectivity index (χ0n) is 10.8. The van der Waals surface area contributed by atoms with Crippen LogP contribution in [0, 0.1) is 0 Å². The first-order chi connectivity index (χ1) is 8.72. The van der Waals surface area contributed by atoms with Gasteiger partial charge in [0.1, 0.15) is 5.75 Å². The summed E-state index contributed by atoms with van der Waals surface area (Å²) in [5.74, 6) is 0.791. The molecule has 0 saturated carbocycles. The second kappa shape index (κ2) is 5.71. The molecule has 96 valence electrons. The third-order valence-electron chi connectivity index (χ3n) is 3.21. The van der Waals surface area contributed by atoms with Crippen molar-refractivity contribution in [2.45, 2.75) is 25.9 Å². The number of para-hydroxylation sites is 1. The van der Waals surface area contributed by atoms with Gasteiger partial charge in [-0.05, 0) is 25.8 Å². The maximum Gasteiger partial charge on any atom is 0.263 e. The van der Waals surface area contributed by atoms with Crippen molar-refractivity contribution in [3.63, 3.8) is 0 Å². The Labute approximate surface area is 108 Å². The summed E-state index contributed by atoms with van der Waals surface area (Å²) >= 11 is 0. The molecule has 18 heavy (non-hydrogen) atoms. The van der Waals surface area contributed by atoms with Crippen LogP contribution in [0.1, 0.15) is 25.3 Å². The molecule has 1 atom stereocenters. The Hall–Kier alpha value is -1.77. The van der Waals surface area contributed by atoms with Crippen molar-refractivity contribution in [2.75, 3.05) is 13.1 Å². The first-order valence-corrected chi connectivity index (χ1v) is 6.39. The number of nitrogens with zero attached hydrogens (tertiary/aromatic N) is 1. The van der Waals surface area contributed by atoms with Gasteiger partial charge in [0, 0.05) is 18.7 Å². The molecule has 1 saturated heterocycles. The Morgan fingerprint density at radius 3 is 2.72 bits per heavy atom. The molecule has 0 N–H and O–H groups in total. The Bertz CT molecular complexity index is 436. The van der Waals surface area contributed by atoms with E-state index in [4.69, 9.17) is 4.74 Å². The predicted molar refractivity (Wildman–Crippen MR) is 72.4 cm³/mol. The molecule has 1 aliphatic rings. The Morgan fingerprint density at radius 2 is 2.06 bits per heavy atom. The van der Waals surface area contributed by atoms with Gasteiger partial charge in [0.05, 0.1) is 0 Å². The fourth-order valence-electron chi connectivity index (χ4n) is 2.19. The number of hydrogen-bond acceptors (Lipinski definition) is 2. The SMILES string of the molecule is C=Cc1ccccc1OC(C)C(=O)N1CCCC1. The van der Waals surface area contributed by atoms with Crippen LogP contribution in [0.5, 0.6) is 5.75 Å². The van der Waals surface area contributed by atoms with E-state index in [1.807, 2.05) is 29.2 Å². The lowest BCUT2D eigenvalue weighted by Gasteiger charge is -2.21. The lowest BCUT2D eigenvalue weighted by atomic mass is 10.2. The first-order valence-electron chi connectivity index (χ1n) is 6.39. The third kappa shape index (κ3) is 2.73. The lowest BCUT2D eigenvalue weighted by Crippen LogP contribution is -2.38. The summed E-state index contributed by atoms with van der Waals surface area (Å²) in [5.41, 5.74) is 0.915. The zero-order chi connectivity index (χ0) is 13.0. The summed E-state index contributed by atoms with van der Waals surface area (Å²) in [5, 5.41) is 0. The van der Waals surface area contributed by atoms with Gasteiger partial charge in [0.25, 0.3) is 5.91 Å². The highest BCUT2D eigenvalue weighted by atomic mass is 16.5. The van der Waals surface area contributed by atoms with Crippen molar-refractivity contribution < 1.29 is 9.53 Å². The first kappa shape index (κ1) is 12.7. The molecule has 1 aromatic carbocycles. The summed E-state index contributed by atoms with van der Waals surface area (Å²) < 4.78 is 5.75. The highest BCUT2D eigenvalue weighted by Gasteiger charge is 2.24. The molecule has 1 aromatic rings. The van der Waals surface area contributed by atoms with Crippen LogP contribution in [0.3, 0.4) is 0 Å². The average Bonchev–Trinajstić information content (AvgIpc) is 2.92. The number of likely N-dealkylation sites (tertiary alicyclic amines) is 1. The van der Waals surface area contributed by atoms with E-state index in [-0.39, 0.29) is 5.91 Å². The molecule has 0 aromatic heterocycles. The van der Waals surface area contributed by atoms with Gasteiger partial charge in [-0.2, -0.15) is 0 Å². The quantitative estimate of drug-likeness (QED) is 0.816. The van der Waals surface area contributed by atoms with E-state index in [1.54, 1.807) is 13.0 Å². The molecule has 1 fully saturated rings. The summed E-state index contributed by atoms with van der Waals surface area (Å²) in [4.78, 5) is 14.0. The second-order valence-electron chi connectivity index (χ2n) is 4.53. The fourth-order valence-corrected chi connectivity index (χ4v) is 2.19. The monoisotopic (exact) mass is 245 g/mol. The van der Waals surface area contributed by atoms with Crippen LogP contribution < -0.4 is 4.74 Å². The van der Waals surface area contributed by atoms with Crippen molar-refractivity contribution in [1.29, 1.82) is 0 Å². The minimum Gasteiger partial charge on any atom is -0.480 e. The molecule has 1 unspecified atom stereocenters. The van der Waals surface area contributed by atoms with Crippen molar-refractivity contribution in [3.8, 4) is 5.75 Å². The van der Waals surface area contributed by atoms with Crippen molar-refractivity contribution in [3.05, 3.63) is 36.4 Å². The predicted octanol–water partition coefficient (Wildman–Crippen LogP) is 2.72. The van der Waals surface area contributed by atoms with Crippen LogP contribution in [-0.2, 0) is 4.79 Å². The number of rotatable bonds is 4. The van der Waals surface area contributed by atoms with Gasteiger partial charge < -0.3 is 9.64 Å². The van der Waals surface area contributed by atoms with E-state index in [2.05, 4.69) is 6.58 Å². The van der Waals surface area contributed by atoms with Gasteiger partial charge in [-0.1, -0.05) is 30.9 Å². The van der Waals surface area contributed by atoms with Gasteiger partial charge in [-0.25, -0.2) is 0 Å². The van der Waals surface area contributed by atoms with E-state index < -0.39 is 6.10 Å². The maximum absolute atomic E-state index is 12.1. The van der Waals surface area contributed by atoms with Gasteiger partial charge in [-0.15, -0.1) is 0 Å². The molecule has 1 amide bonds. The zero-order valence-corrected chi connectivity index (χ0v) is 10.8. The molecule has 1 heterocycles.